The van der Waals surface area contributed by atoms with E-state index in [2.05, 4.69) is 22.1 Å². The van der Waals surface area contributed by atoms with Gasteiger partial charge in [0.05, 0.1) is 13.7 Å². The van der Waals surface area contributed by atoms with E-state index in [1.165, 1.54) is 5.56 Å². The topological polar surface area (TPSA) is 47.5 Å². The van der Waals surface area contributed by atoms with Crippen molar-refractivity contribution in [3.8, 4) is 11.5 Å². The van der Waals surface area contributed by atoms with Gasteiger partial charge in [-0.05, 0) is 37.5 Å². The normalized spacial score (nSPS) is 16.4. The Hall–Kier alpha value is -2.30. The van der Waals surface area contributed by atoms with Crippen LogP contribution in [0.25, 0.3) is 0 Å². The van der Waals surface area contributed by atoms with Crippen LogP contribution >= 0.6 is 0 Å². The first kappa shape index (κ1) is 15.6. The molecule has 2 aromatic rings. The molecule has 0 spiro atoms. The van der Waals surface area contributed by atoms with E-state index in [-0.39, 0.29) is 0 Å². The summed E-state index contributed by atoms with van der Waals surface area (Å²) < 4.78 is 11.2. The summed E-state index contributed by atoms with van der Waals surface area (Å²) in [7, 11) is 5.60. The van der Waals surface area contributed by atoms with Gasteiger partial charge in [0.15, 0.2) is 0 Å². The average molecular weight is 313 g/mol. The second kappa shape index (κ2) is 6.44. The van der Waals surface area contributed by atoms with E-state index in [0.29, 0.717) is 12.5 Å². The minimum absolute atomic E-state index is 0.431. The summed E-state index contributed by atoms with van der Waals surface area (Å²) in [5.41, 5.74) is 3.31. The number of fused-ring (bicyclic) bond motifs is 1. The molecule has 1 unspecified atom stereocenters. The largest absolute Gasteiger partial charge is 0.497 e. The Morgan fingerprint density at radius 3 is 2.83 bits per heavy atom. The van der Waals surface area contributed by atoms with Gasteiger partial charge < -0.3 is 14.4 Å². The lowest BCUT2D eigenvalue weighted by atomic mass is 9.92. The number of ether oxygens (including phenoxy) is 2. The van der Waals surface area contributed by atoms with Gasteiger partial charge in [0.25, 0.3) is 0 Å². The van der Waals surface area contributed by atoms with E-state index in [9.17, 15) is 0 Å². The van der Waals surface area contributed by atoms with E-state index < -0.39 is 0 Å². The molecule has 1 aliphatic heterocycles. The van der Waals surface area contributed by atoms with Gasteiger partial charge in [0, 0.05) is 37.5 Å². The van der Waals surface area contributed by atoms with Crippen LogP contribution in [0.15, 0.2) is 24.3 Å². The number of benzene rings is 1. The third-order valence-corrected chi connectivity index (χ3v) is 4.05. The van der Waals surface area contributed by atoms with Crippen LogP contribution in [-0.2, 0) is 12.8 Å². The van der Waals surface area contributed by atoms with Crippen molar-refractivity contribution >= 4 is 5.95 Å². The molecule has 1 aromatic carbocycles. The van der Waals surface area contributed by atoms with Gasteiger partial charge in [-0.3, -0.25) is 0 Å². The van der Waals surface area contributed by atoms with E-state index in [1.54, 1.807) is 7.11 Å². The molecular formula is C18H23N3O2. The Morgan fingerprint density at radius 2 is 2.09 bits per heavy atom. The fraction of sp³-hybridized carbons (Fsp3) is 0.444. The summed E-state index contributed by atoms with van der Waals surface area (Å²) in [4.78, 5) is 11.0. The summed E-state index contributed by atoms with van der Waals surface area (Å²) in [6.45, 7) is 2.72. The van der Waals surface area contributed by atoms with Crippen molar-refractivity contribution in [1.29, 1.82) is 0 Å². The number of methoxy groups -OCH3 is 1. The van der Waals surface area contributed by atoms with Crippen LogP contribution in [0.1, 0.15) is 17.0 Å². The first-order valence-corrected chi connectivity index (χ1v) is 7.86. The molecule has 0 N–H and O–H groups in total. The van der Waals surface area contributed by atoms with E-state index >= 15 is 0 Å². The highest BCUT2D eigenvalue weighted by atomic mass is 16.5. The zero-order chi connectivity index (χ0) is 16.4. The standard InChI is InChI=1S/C18H23N3O2/c1-12-7-15(20-18(19-12)21(2)3)9-13-8-14-5-6-16(22-4)10-17(14)23-11-13/h5-7,10,13H,8-9,11H2,1-4H3. The minimum Gasteiger partial charge on any atom is -0.497 e. The Labute approximate surface area is 137 Å². The fourth-order valence-electron chi connectivity index (χ4n) is 2.89. The first-order valence-electron chi connectivity index (χ1n) is 7.86. The first-order chi connectivity index (χ1) is 11.0. The van der Waals surface area contributed by atoms with Crippen LogP contribution in [-0.4, -0.2) is 37.8 Å². The van der Waals surface area contributed by atoms with Crippen molar-refractivity contribution < 1.29 is 9.47 Å². The number of nitrogens with zero attached hydrogens (tertiary/aromatic N) is 3. The Bertz CT molecular complexity index is 701. The van der Waals surface area contributed by atoms with Crippen molar-refractivity contribution in [1.82, 2.24) is 9.97 Å². The lowest BCUT2D eigenvalue weighted by Crippen LogP contribution is -2.24. The van der Waals surface area contributed by atoms with E-state index in [0.717, 1.165) is 41.7 Å². The predicted octanol–water partition coefficient (Wildman–Crippen LogP) is 2.65. The molecule has 5 nitrogen and oxygen atoms in total. The molecule has 23 heavy (non-hydrogen) atoms. The lowest BCUT2D eigenvalue weighted by Gasteiger charge is -2.25. The van der Waals surface area contributed by atoms with Crippen molar-refractivity contribution in [3.05, 3.63) is 41.2 Å². The average Bonchev–Trinajstić information content (AvgIpc) is 2.53. The molecule has 0 saturated carbocycles. The highest BCUT2D eigenvalue weighted by Gasteiger charge is 2.21. The highest BCUT2D eigenvalue weighted by molar-refractivity contribution is 5.42. The molecule has 5 heteroatoms. The third-order valence-electron chi connectivity index (χ3n) is 4.05. The van der Waals surface area contributed by atoms with Crippen LogP contribution in [0.2, 0.25) is 0 Å². The van der Waals surface area contributed by atoms with Gasteiger partial charge in [0.1, 0.15) is 11.5 Å². The van der Waals surface area contributed by atoms with Crippen molar-refractivity contribution in [3.63, 3.8) is 0 Å². The quantitative estimate of drug-likeness (QED) is 0.868. The van der Waals surface area contributed by atoms with Crippen molar-refractivity contribution in [2.45, 2.75) is 19.8 Å². The molecule has 0 amide bonds. The molecule has 0 saturated heterocycles. The van der Waals surface area contributed by atoms with Gasteiger partial charge in [-0.2, -0.15) is 0 Å². The zero-order valence-corrected chi connectivity index (χ0v) is 14.2. The molecule has 0 radical (unpaired) electrons. The Balaban J connectivity index is 1.74. The van der Waals surface area contributed by atoms with E-state index in [1.807, 2.05) is 38.1 Å². The maximum atomic E-state index is 5.92. The molecule has 0 fully saturated rings. The van der Waals surface area contributed by atoms with Crippen molar-refractivity contribution in [2.75, 3.05) is 32.7 Å². The van der Waals surface area contributed by atoms with Crippen molar-refractivity contribution in [2.24, 2.45) is 5.92 Å². The second-order valence-electron chi connectivity index (χ2n) is 6.25. The van der Waals surface area contributed by atoms with Gasteiger partial charge in [-0.1, -0.05) is 6.07 Å². The monoisotopic (exact) mass is 313 g/mol. The SMILES string of the molecule is COc1ccc2c(c1)OCC(Cc1cc(C)nc(N(C)C)n1)C2. The summed E-state index contributed by atoms with van der Waals surface area (Å²) in [6, 6.07) is 8.11. The smallest absolute Gasteiger partial charge is 0.225 e. The molecule has 1 atom stereocenters. The highest BCUT2D eigenvalue weighted by Crippen LogP contribution is 2.32. The second-order valence-corrected chi connectivity index (χ2v) is 6.25. The molecule has 1 aromatic heterocycles. The lowest BCUT2D eigenvalue weighted by molar-refractivity contribution is 0.219. The number of rotatable bonds is 4. The predicted molar refractivity (Wildman–Crippen MR) is 90.5 cm³/mol. The maximum Gasteiger partial charge on any atom is 0.225 e. The van der Waals surface area contributed by atoms with E-state index in [4.69, 9.17) is 9.47 Å². The summed E-state index contributed by atoms with van der Waals surface area (Å²) >= 11 is 0. The molecule has 3 rings (SSSR count). The number of hydrogen-bond donors (Lipinski definition) is 0. The van der Waals surface area contributed by atoms with Gasteiger partial charge in [-0.25, -0.2) is 9.97 Å². The number of hydrogen-bond acceptors (Lipinski definition) is 5. The molecule has 2 heterocycles. The van der Waals surface area contributed by atoms with Crippen LogP contribution in [0.5, 0.6) is 11.5 Å². The van der Waals surface area contributed by atoms with Crippen LogP contribution < -0.4 is 14.4 Å². The van der Waals surface area contributed by atoms with Gasteiger partial charge in [-0.15, -0.1) is 0 Å². The Morgan fingerprint density at radius 1 is 1.26 bits per heavy atom. The Kier molecular flexibility index (Phi) is 4.37. The summed E-state index contributed by atoms with van der Waals surface area (Å²) in [5, 5.41) is 0. The summed E-state index contributed by atoms with van der Waals surface area (Å²) in [5.74, 6) is 2.97. The fourth-order valence-corrected chi connectivity index (χ4v) is 2.89. The molecule has 0 aliphatic carbocycles. The van der Waals surface area contributed by atoms with Gasteiger partial charge in [0.2, 0.25) is 5.95 Å². The number of anilines is 1. The number of aromatic nitrogens is 2. The third kappa shape index (κ3) is 3.55. The molecular weight excluding hydrogens is 290 g/mol. The van der Waals surface area contributed by atoms with Crippen LogP contribution in [0, 0.1) is 12.8 Å². The molecule has 1 aliphatic rings. The maximum absolute atomic E-state index is 5.92. The molecule has 0 bridgehead atoms. The minimum atomic E-state index is 0.431. The number of aryl methyl sites for hydroxylation is 1. The summed E-state index contributed by atoms with van der Waals surface area (Å²) in [6.07, 6.45) is 1.90. The van der Waals surface area contributed by atoms with Crippen LogP contribution in [0.4, 0.5) is 5.95 Å². The van der Waals surface area contributed by atoms with Crippen LogP contribution in [0.3, 0.4) is 0 Å². The van der Waals surface area contributed by atoms with Gasteiger partial charge >= 0.3 is 0 Å². The molecule has 122 valence electrons. The zero-order valence-electron chi connectivity index (χ0n) is 14.2.